The molecule has 4 nitrogen and oxygen atoms in total. The van der Waals surface area contributed by atoms with Gasteiger partial charge in [0.2, 0.25) is 0 Å². The Labute approximate surface area is 142 Å². The molecule has 1 N–H and O–H groups in total. The number of rotatable bonds is 4. The largest absolute Gasteiger partial charge is 0.497 e. The molecule has 1 heterocycles. The first-order valence-electron chi connectivity index (χ1n) is 6.82. The molecule has 0 radical (unpaired) electrons. The number of amides is 1. The van der Waals surface area contributed by atoms with E-state index in [1.165, 1.54) is 11.3 Å². The number of aromatic nitrogens is 1. The third kappa shape index (κ3) is 3.70. The maximum Gasteiger partial charge on any atom is 0.257 e. The van der Waals surface area contributed by atoms with Crippen molar-refractivity contribution in [1.29, 1.82) is 0 Å². The molecule has 0 unspecified atom stereocenters. The number of thiazole rings is 1. The molecule has 3 aromatic rings. The van der Waals surface area contributed by atoms with Gasteiger partial charge in [-0.05, 0) is 36.4 Å². The van der Waals surface area contributed by atoms with Crippen LogP contribution in [-0.4, -0.2) is 18.0 Å². The van der Waals surface area contributed by atoms with Gasteiger partial charge in [-0.15, -0.1) is 11.3 Å². The molecule has 1 amide bonds. The van der Waals surface area contributed by atoms with Crippen molar-refractivity contribution in [2.24, 2.45) is 0 Å². The Morgan fingerprint density at radius 3 is 2.74 bits per heavy atom. The van der Waals surface area contributed by atoms with Gasteiger partial charge in [-0.3, -0.25) is 10.1 Å². The first-order valence-corrected chi connectivity index (χ1v) is 8.08. The fraction of sp³-hybridized carbons (Fsp3) is 0.0588. The van der Waals surface area contributed by atoms with E-state index in [1.54, 1.807) is 31.4 Å². The second-order valence-corrected chi connectivity index (χ2v) is 6.03. The molecule has 0 aliphatic heterocycles. The number of hydrogen-bond acceptors (Lipinski definition) is 4. The molecule has 0 saturated heterocycles. The average Bonchev–Trinajstić information content (AvgIpc) is 3.04. The molecule has 23 heavy (non-hydrogen) atoms. The van der Waals surface area contributed by atoms with Gasteiger partial charge in [0, 0.05) is 21.5 Å². The number of methoxy groups -OCH3 is 1. The first kappa shape index (κ1) is 15.5. The van der Waals surface area contributed by atoms with Gasteiger partial charge in [-0.25, -0.2) is 4.98 Å². The molecule has 0 aliphatic rings. The van der Waals surface area contributed by atoms with Gasteiger partial charge in [0.15, 0.2) is 5.13 Å². The zero-order chi connectivity index (χ0) is 16.2. The number of carbonyl (C=O) groups excluding carboxylic acids is 1. The summed E-state index contributed by atoms with van der Waals surface area (Å²) in [5.74, 6) is 0.551. The SMILES string of the molecule is COc1cccc(-c2csc(NC(=O)c3ccc(Cl)cc3)n2)c1. The Morgan fingerprint density at radius 2 is 2.00 bits per heavy atom. The number of nitrogens with one attached hydrogen (secondary N) is 1. The minimum Gasteiger partial charge on any atom is -0.497 e. The Balaban J connectivity index is 1.76. The molecule has 0 spiro atoms. The van der Waals surface area contributed by atoms with E-state index in [9.17, 15) is 4.79 Å². The monoisotopic (exact) mass is 344 g/mol. The molecular weight excluding hydrogens is 332 g/mol. The van der Waals surface area contributed by atoms with E-state index in [0.29, 0.717) is 15.7 Å². The highest BCUT2D eigenvalue weighted by atomic mass is 35.5. The van der Waals surface area contributed by atoms with Gasteiger partial charge in [0.05, 0.1) is 12.8 Å². The second kappa shape index (κ2) is 6.81. The summed E-state index contributed by atoms with van der Waals surface area (Å²) in [7, 11) is 1.62. The summed E-state index contributed by atoms with van der Waals surface area (Å²) >= 11 is 7.19. The zero-order valence-corrected chi connectivity index (χ0v) is 13.8. The van der Waals surface area contributed by atoms with E-state index in [0.717, 1.165) is 17.0 Å². The van der Waals surface area contributed by atoms with E-state index in [-0.39, 0.29) is 5.91 Å². The summed E-state index contributed by atoms with van der Waals surface area (Å²) in [6.45, 7) is 0. The number of halogens is 1. The Kier molecular flexibility index (Phi) is 4.60. The number of nitrogens with zero attached hydrogens (tertiary/aromatic N) is 1. The van der Waals surface area contributed by atoms with Gasteiger partial charge in [-0.2, -0.15) is 0 Å². The zero-order valence-electron chi connectivity index (χ0n) is 12.2. The van der Waals surface area contributed by atoms with E-state index in [2.05, 4.69) is 10.3 Å². The lowest BCUT2D eigenvalue weighted by molar-refractivity contribution is 0.102. The smallest absolute Gasteiger partial charge is 0.257 e. The van der Waals surface area contributed by atoms with Crippen molar-refractivity contribution in [3.63, 3.8) is 0 Å². The fourth-order valence-electron chi connectivity index (χ4n) is 2.02. The van der Waals surface area contributed by atoms with Crippen molar-refractivity contribution in [1.82, 2.24) is 4.98 Å². The molecule has 0 bridgehead atoms. The lowest BCUT2D eigenvalue weighted by Gasteiger charge is -2.02. The predicted molar refractivity (Wildman–Crippen MR) is 93.5 cm³/mol. The minimum atomic E-state index is -0.215. The van der Waals surface area contributed by atoms with Crippen LogP contribution in [0.25, 0.3) is 11.3 Å². The van der Waals surface area contributed by atoms with Crippen LogP contribution in [0.15, 0.2) is 53.9 Å². The second-order valence-electron chi connectivity index (χ2n) is 4.73. The van der Waals surface area contributed by atoms with Crippen LogP contribution < -0.4 is 10.1 Å². The van der Waals surface area contributed by atoms with Crippen molar-refractivity contribution >= 4 is 34.0 Å². The third-order valence-electron chi connectivity index (χ3n) is 3.20. The van der Waals surface area contributed by atoms with Crippen LogP contribution >= 0.6 is 22.9 Å². The van der Waals surface area contributed by atoms with Crippen molar-refractivity contribution in [3.05, 3.63) is 64.5 Å². The fourth-order valence-corrected chi connectivity index (χ4v) is 2.86. The Morgan fingerprint density at radius 1 is 1.22 bits per heavy atom. The molecule has 6 heteroatoms. The molecule has 0 fully saturated rings. The molecular formula is C17H13ClN2O2S. The van der Waals surface area contributed by atoms with Crippen LogP contribution in [0.3, 0.4) is 0 Å². The summed E-state index contributed by atoms with van der Waals surface area (Å²) in [6.07, 6.45) is 0. The number of hydrogen-bond donors (Lipinski definition) is 1. The maximum atomic E-state index is 12.2. The highest BCUT2D eigenvalue weighted by molar-refractivity contribution is 7.14. The van der Waals surface area contributed by atoms with Crippen LogP contribution in [0.2, 0.25) is 5.02 Å². The predicted octanol–water partition coefficient (Wildman–Crippen LogP) is 4.72. The van der Waals surface area contributed by atoms with Crippen molar-refractivity contribution in [3.8, 4) is 17.0 Å². The minimum absolute atomic E-state index is 0.215. The van der Waals surface area contributed by atoms with Gasteiger partial charge < -0.3 is 4.74 Å². The van der Waals surface area contributed by atoms with Crippen LogP contribution in [0, 0.1) is 0 Å². The molecule has 3 rings (SSSR count). The van der Waals surface area contributed by atoms with Crippen molar-refractivity contribution < 1.29 is 9.53 Å². The van der Waals surface area contributed by atoms with Crippen molar-refractivity contribution in [2.75, 3.05) is 12.4 Å². The summed E-state index contributed by atoms with van der Waals surface area (Å²) in [6, 6.07) is 14.3. The van der Waals surface area contributed by atoms with Gasteiger partial charge in [0.25, 0.3) is 5.91 Å². The molecule has 0 saturated carbocycles. The molecule has 0 aliphatic carbocycles. The topological polar surface area (TPSA) is 51.2 Å². The quantitative estimate of drug-likeness (QED) is 0.744. The Hall–Kier alpha value is -2.37. The summed E-state index contributed by atoms with van der Waals surface area (Å²) in [5.41, 5.74) is 2.26. The van der Waals surface area contributed by atoms with Gasteiger partial charge >= 0.3 is 0 Å². The number of carbonyl (C=O) groups is 1. The van der Waals surface area contributed by atoms with Crippen LogP contribution in [0.1, 0.15) is 10.4 Å². The maximum absolute atomic E-state index is 12.2. The van der Waals surface area contributed by atoms with Gasteiger partial charge in [0.1, 0.15) is 5.75 Å². The van der Waals surface area contributed by atoms with Crippen LogP contribution in [0.5, 0.6) is 5.75 Å². The standard InChI is InChI=1S/C17H13ClN2O2S/c1-22-14-4-2-3-12(9-14)15-10-23-17(19-15)20-16(21)11-5-7-13(18)8-6-11/h2-10H,1H3,(H,19,20,21). The number of ether oxygens (including phenoxy) is 1. The van der Waals surface area contributed by atoms with E-state index in [4.69, 9.17) is 16.3 Å². The highest BCUT2D eigenvalue weighted by Gasteiger charge is 2.10. The van der Waals surface area contributed by atoms with Crippen molar-refractivity contribution in [2.45, 2.75) is 0 Å². The summed E-state index contributed by atoms with van der Waals surface area (Å²) < 4.78 is 5.21. The van der Waals surface area contributed by atoms with Gasteiger partial charge in [-0.1, -0.05) is 23.7 Å². The van der Waals surface area contributed by atoms with Crippen LogP contribution in [-0.2, 0) is 0 Å². The van der Waals surface area contributed by atoms with E-state index < -0.39 is 0 Å². The first-order chi connectivity index (χ1) is 11.2. The summed E-state index contributed by atoms with van der Waals surface area (Å²) in [5, 5.41) is 5.82. The molecule has 2 aromatic carbocycles. The van der Waals surface area contributed by atoms with E-state index >= 15 is 0 Å². The average molecular weight is 345 g/mol. The molecule has 116 valence electrons. The lowest BCUT2D eigenvalue weighted by Crippen LogP contribution is -2.11. The molecule has 0 atom stereocenters. The third-order valence-corrected chi connectivity index (χ3v) is 4.21. The Bertz CT molecular complexity index is 831. The lowest BCUT2D eigenvalue weighted by atomic mass is 10.2. The normalized spacial score (nSPS) is 10.3. The molecule has 1 aromatic heterocycles. The summed E-state index contributed by atoms with van der Waals surface area (Å²) in [4.78, 5) is 16.6. The highest BCUT2D eigenvalue weighted by Crippen LogP contribution is 2.27. The van der Waals surface area contributed by atoms with E-state index in [1.807, 2.05) is 29.6 Å². The number of anilines is 1. The van der Waals surface area contributed by atoms with Crippen LogP contribution in [0.4, 0.5) is 5.13 Å². The number of benzene rings is 2.